The first kappa shape index (κ1) is 49.2. The standard InChI is InChI=1S/C41H71N5O10Si2/c1-26(42)35(49)44-23-16-22-43-30(37(50)54-39(2,3)4)31(48)32-33(55-57(12,13)40(5,6)7)34(56-58(14,15)41(8,9)10)36(53-32)45-24-21-29(47)46(38(45)51)25-27-17-19-28(52-11)20-18-27/h17-21,24,26,30-34,36,43,48H,16,22-23,25,42H2,1-15H3,(H,44,49)/t26-,30+,31-,32?,33-,34-,36-/m1/s1. The Morgan fingerprint density at radius 3 is 1.95 bits per heavy atom. The van der Waals surface area contributed by atoms with E-state index in [1.165, 1.54) is 16.8 Å². The van der Waals surface area contributed by atoms with E-state index >= 15 is 0 Å². The molecule has 1 aromatic heterocycles. The van der Waals surface area contributed by atoms with Gasteiger partial charge in [-0.3, -0.25) is 23.5 Å². The van der Waals surface area contributed by atoms with Crippen molar-refractivity contribution >= 4 is 28.5 Å². The van der Waals surface area contributed by atoms with Crippen molar-refractivity contribution in [2.75, 3.05) is 20.2 Å². The molecule has 0 spiro atoms. The maximum Gasteiger partial charge on any atom is 0.333 e. The van der Waals surface area contributed by atoms with E-state index in [4.69, 9.17) is 28.8 Å². The second kappa shape index (κ2) is 19.0. The van der Waals surface area contributed by atoms with E-state index in [-0.39, 0.29) is 35.6 Å². The summed E-state index contributed by atoms with van der Waals surface area (Å²) in [6.45, 7) is 28.2. The molecule has 0 aliphatic carbocycles. The van der Waals surface area contributed by atoms with Crippen LogP contribution in [0.25, 0.3) is 0 Å². The largest absolute Gasteiger partial charge is 0.497 e. The number of ether oxygens (including phenoxy) is 3. The molecule has 1 fully saturated rings. The van der Waals surface area contributed by atoms with Crippen molar-refractivity contribution in [3.8, 4) is 5.75 Å². The molecule has 1 unspecified atom stereocenters. The molecule has 3 rings (SSSR count). The monoisotopic (exact) mass is 849 g/mol. The number of aliphatic hydroxyl groups is 1. The zero-order chi connectivity index (χ0) is 44.2. The van der Waals surface area contributed by atoms with Crippen LogP contribution in [0.15, 0.2) is 46.1 Å². The summed E-state index contributed by atoms with van der Waals surface area (Å²) in [6, 6.07) is 6.39. The van der Waals surface area contributed by atoms with Gasteiger partial charge in [-0.05, 0) is 94.6 Å². The van der Waals surface area contributed by atoms with Gasteiger partial charge in [0.15, 0.2) is 22.9 Å². The summed E-state index contributed by atoms with van der Waals surface area (Å²) in [5.41, 5.74) is 4.35. The fraction of sp³-hybridized carbons (Fsp3) is 0.707. The van der Waals surface area contributed by atoms with Gasteiger partial charge in [-0.15, -0.1) is 0 Å². The Hall–Kier alpha value is -3.17. The molecule has 1 amide bonds. The highest BCUT2D eigenvalue weighted by Gasteiger charge is 2.57. The van der Waals surface area contributed by atoms with Crippen molar-refractivity contribution in [3.05, 3.63) is 62.9 Å². The number of rotatable bonds is 17. The molecule has 1 aromatic carbocycles. The molecule has 2 heterocycles. The van der Waals surface area contributed by atoms with Crippen molar-refractivity contribution in [1.29, 1.82) is 0 Å². The first-order valence-electron chi connectivity index (χ1n) is 20.1. The second-order valence-electron chi connectivity index (χ2n) is 19.3. The van der Waals surface area contributed by atoms with Gasteiger partial charge in [-0.2, -0.15) is 0 Å². The number of nitrogens with two attached hydrogens (primary N) is 1. The molecule has 5 N–H and O–H groups in total. The molecule has 7 atom stereocenters. The van der Waals surface area contributed by atoms with E-state index in [1.54, 1.807) is 59.1 Å². The summed E-state index contributed by atoms with van der Waals surface area (Å²) in [7, 11) is -3.82. The van der Waals surface area contributed by atoms with Crippen LogP contribution in [-0.2, 0) is 34.5 Å². The van der Waals surface area contributed by atoms with Crippen LogP contribution in [0.3, 0.4) is 0 Å². The second-order valence-corrected chi connectivity index (χ2v) is 28.9. The summed E-state index contributed by atoms with van der Waals surface area (Å²) in [5.74, 6) is -0.390. The fourth-order valence-corrected chi connectivity index (χ4v) is 8.45. The van der Waals surface area contributed by atoms with E-state index in [2.05, 4.69) is 78.4 Å². The Morgan fingerprint density at radius 2 is 1.45 bits per heavy atom. The normalized spacial score (nSPS) is 21.0. The zero-order valence-corrected chi connectivity index (χ0v) is 39.4. The average Bonchev–Trinajstić information content (AvgIpc) is 3.41. The molecule has 0 saturated carbocycles. The number of hydrogen-bond acceptors (Lipinski definition) is 12. The van der Waals surface area contributed by atoms with Crippen molar-refractivity contribution in [2.24, 2.45) is 5.73 Å². The first-order valence-corrected chi connectivity index (χ1v) is 26.0. The lowest BCUT2D eigenvalue weighted by Crippen LogP contribution is -2.59. The van der Waals surface area contributed by atoms with E-state index in [0.29, 0.717) is 17.7 Å². The van der Waals surface area contributed by atoms with Crippen LogP contribution in [-0.4, -0.2) is 105 Å². The van der Waals surface area contributed by atoms with Gasteiger partial charge in [-0.25, -0.2) is 4.79 Å². The van der Waals surface area contributed by atoms with Crippen molar-refractivity contribution < 1.29 is 37.8 Å². The molecule has 2 aromatic rings. The summed E-state index contributed by atoms with van der Waals surface area (Å²) in [5, 5.41) is 17.8. The number of benzene rings is 1. The molecule has 15 nitrogen and oxygen atoms in total. The molecule has 328 valence electrons. The Bertz CT molecular complexity index is 1810. The lowest BCUT2D eigenvalue weighted by molar-refractivity contribution is -0.166. The minimum Gasteiger partial charge on any atom is -0.497 e. The summed E-state index contributed by atoms with van der Waals surface area (Å²) >= 11 is 0. The van der Waals surface area contributed by atoms with Crippen molar-refractivity contribution in [3.63, 3.8) is 0 Å². The van der Waals surface area contributed by atoms with Crippen LogP contribution in [0.4, 0.5) is 0 Å². The summed E-state index contributed by atoms with van der Waals surface area (Å²) in [6.07, 6.45) is -4.09. The molecule has 0 bridgehead atoms. The lowest BCUT2D eigenvalue weighted by Gasteiger charge is -2.44. The van der Waals surface area contributed by atoms with Gasteiger partial charge >= 0.3 is 11.7 Å². The maximum atomic E-state index is 14.5. The molecular formula is C41H71N5O10Si2. The number of carbonyl (C=O) groups is 2. The molecule has 1 aliphatic rings. The minimum absolute atomic E-state index is 0.0196. The molecular weight excluding hydrogens is 779 g/mol. The van der Waals surface area contributed by atoms with Gasteiger partial charge in [0.05, 0.1) is 19.7 Å². The number of methoxy groups -OCH3 is 1. The predicted octanol–water partition coefficient (Wildman–Crippen LogP) is 4.26. The third-order valence-corrected chi connectivity index (χ3v) is 20.3. The Balaban J connectivity index is 2.22. The van der Waals surface area contributed by atoms with Gasteiger partial charge in [-0.1, -0.05) is 53.7 Å². The quantitative estimate of drug-likeness (QED) is 0.101. The van der Waals surface area contributed by atoms with Crippen LogP contribution >= 0.6 is 0 Å². The number of esters is 1. The minimum atomic E-state index is -2.70. The molecule has 17 heteroatoms. The highest BCUT2D eigenvalue weighted by atomic mass is 28.4. The first-order chi connectivity index (χ1) is 26.5. The van der Waals surface area contributed by atoms with E-state index in [0.717, 1.165) is 4.57 Å². The average molecular weight is 850 g/mol. The Labute approximate surface area is 346 Å². The van der Waals surface area contributed by atoms with Gasteiger partial charge in [0.2, 0.25) is 5.91 Å². The highest BCUT2D eigenvalue weighted by Crippen LogP contribution is 2.46. The number of nitrogens with zero attached hydrogens (tertiary/aromatic N) is 2. The smallest absolute Gasteiger partial charge is 0.333 e. The van der Waals surface area contributed by atoms with Crippen molar-refractivity contribution in [1.82, 2.24) is 19.8 Å². The van der Waals surface area contributed by atoms with Gasteiger partial charge in [0.25, 0.3) is 5.56 Å². The van der Waals surface area contributed by atoms with Crippen LogP contribution < -0.4 is 32.4 Å². The number of carbonyl (C=O) groups excluding carboxylic acids is 2. The third-order valence-electron chi connectivity index (χ3n) is 11.3. The Morgan fingerprint density at radius 1 is 0.897 bits per heavy atom. The molecule has 1 saturated heterocycles. The highest BCUT2D eigenvalue weighted by molar-refractivity contribution is 6.74. The fourth-order valence-electron chi connectivity index (χ4n) is 5.86. The topological polar surface area (TPSA) is 195 Å². The van der Waals surface area contributed by atoms with Crippen LogP contribution in [0.2, 0.25) is 36.3 Å². The summed E-state index contributed by atoms with van der Waals surface area (Å²) in [4.78, 5) is 53.8. The number of aromatic nitrogens is 2. The van der Waals surface area contributed by atoms with Crippen LogP contribution in [0, 0.1) is 0 Å². The molecule has 0 radical (unpaired) electrons. The third kappa shape index (κ3) is 12.4. The number of amides is 1. The Kier molecular flexibility index (Phi) is 16.2. The van der Waals surface area contributed by atoms with E-state index < -0.39 is 82.2 Å². The van der Waals surface area contributed by atoms with E-state index in [9.17, 15) is 24.3 Å². The maximum absolute atomic E-state index is 14.5. The number of nitrogens with one attached hydrogen (secondary N) is 2. The molecule has 1 aliphatic heterocycles. The summed E-state index contributed by atoms with van der Waals surface area (Å²) < 4.78 is 34.7. The molecule has 58 heavy (non-hydrogen) atoms. The lowest BCUT2D eigenvalue weighted by atomic mass is 9.99. The number of aliphatic hydroxyl groups excluding tert-OH is 1. The number of hydrogen-bond donors (Lipinski definition) is 4. The van der Waals surface area contributed by atoms with Gasteiger partial charge in [0, 0.05) is 18.8 Å². The zero-order valence-electron chi connectivity index (χ0n) is 37.4. The van der Waals surface area contributed by atoms with Crippen LogP contribution in [0.5, 0.6) is 5.75 Å². The van der Waals surface area contributed by atoms with E-state index in [1.807, 2.05) is 0 Å². The SMILES string of the molecule is COc1ccc(Cn2c(=O)ccn([C@@H]3OC([C@H](O)[C@H](NCCCNC(=O)[C@@H](C)N)C(=O)OC(C)(C)C)[C@@H](O[Si](C)(C)C(C)(C)C)[C@H]3O[Si](C)(C)C(C)(C)C)c2=O)cc1. The van der Waals surface area contributed by atoms with Crippen LogP contribution in [0.1, 0.15) is 87.4 Å². The predicted molar refractivity (Wildman–Crippen MR) is 230 cm³/mol. The van der Waals surface area contributed by atoms with Crippen molar-refractivity contribution in [2.45, 2.75) is 167 Å². The van der Waals surface area contributed by atoms with Gasteiger partial charge in [0.1, 0.15) is 41.8 Å². The van der Waals surface area contributed by atoms with Gasteiger partial charge < -0.3 is 44.5 Å².